The second kappa shape index (κ2) is 9.61. The summed E-state index contributed by atoms with van der Waals surface area (Å²) in [4.78, 5) is 0. The zero-order chi connectivity index (χ0) is 18.6. The van der Waals surface area contributed by atoms with Crippen molar-refractivity contribution in [3.05, 3.63) is 0 Å². The smallest absolute Gasteiger partial charge is 0.0129 e. The third-order valence-corrected chi connectivity index (χ3v) is 9.12. The Kier molecular flexibility index (Phi) is 7.19. The molecule has 6 atom stereocenters. The van der Waals surface area contributed by atoms with E-state index in [1.54, 1.807) is 6.42 Å². The molecule has 2 N–H and O–H groups in total. The van der Waals surface area contributed by atoms with Crippen LogP contribution in [0.3, 0.4) is 0 Å². The predicted molar refractivity (Wildman–Crippen MR) is 116 cm³/mol. The van der Waals surface area contributed by atoms with Crippen molar-refractivity contribution in [2.24, 2.45) is 35.5 Å². The minimum Gasteiger partial charge on any atom is -0.313 e. The molecule has 0 bridgehead atoms. The molecule has 6 unspecified atom stereocenters. The summed E-state index contributed by atoms with van der Waals surface area (Å²) in [5.74, 6) is 5.85. The molecular weight excluding hydrogens is 328 g/mol. The van der Waals surface area contributed by atoms with Gasteiger partial charge in [0.25, 0.3) is 0 Å². The lowest BCUT2D eigenvalue weighted by molar-refractivity contribution is 0.0134. The molecule has 4 aliphatic rings. The number of rotatable bonds is 6. The van der Waals surface area contributed by atoms with Crippen LogP contribution in [0.2, 0.25) is 0 Å². The third-order valence-electron chi connectivity index (χ3n) is 9.12. The van der Waals surface area contributed by atoms with Gasteiger partial charge < -0.3 is 10.6 Å². The predicted octanol–water partition coefficient (Wildman–Crippen LogP) is 5.77. The van der Waals surface area contributed by atoms with E-state index in [-0.39, 0.29) is 0 Å². The summed E-state index contributed by atoms with van der Waals surface area (Å²) >= 11 is 0. The highest BCUT2D eigenvalue weighted by Gasteiger charge is 2.45. The first-order chi connectivity index (χ1) is 13.2. The van der Waals surface area contributed by atoms with Gasteiger partial charge in [0.05, 0.1) is 0 Å². The van der Waals surface area contributed by atoms with Gasteiger partial charge in [0.2, 0.25) is 0 Å². The first-order valence-electron chi connectivity index (χ1n) is 12.7. The number of fused-ring (bicyclic) bond motifs is 2. The van der Waals surface area contributed by atoms with Crippen molar-refractivity contribution >= 4 is 0 Å². The van der Waals surface area contributed by atoms with Gasteiger partial charge in [0.1, 0.15) is 0 Å². The zero-order valence-corrected chi connectivity index (χ0v) is 18.2. The molecule has 0 aliphatic heterocycles. The fourth-order valence-electron chi connectivity index (χ4n) is 7.72. The van der Waals surface area contributed by atoms with Crippen LogP contribution in [-0.4, -0.2) is 25.2 Å². The lowest BCUT2D eigenvalue weighted by atomic mass is 9.57. The molecule has 2 heteroatoms. The highest BCUT2D eigenvalue weighted by molar-refractivity contribution is 4.98. The van der Waals surface area contributed by atoms with Crippen LogP contribution in [0.25, 0.3) is 0 Å². The molecular formula is C25H46N2. The lowest BCUT2D eigenvalue weighted by Gasteiger charge is -2.51. The summed E-state index contributed by atoms with van der Waals surface area (Å²) in [5, 5.41) is 8.07. The fraction of sp³-hybridized carbons (Fsp3) is 1.00. The van der Waals surface area contributed by atoms with Crippen molar-refractivity contribution in [1.82, 2.24) is 10.6 Å². The van der Waals surface area contributed by atoms with Gasteiger partial charge in [0.15, 0.2) is 0 Å². The summed E-state index contributed by atoms with van der Waals surface area (Å²) < 4.78 is 0. The first kappa shape index (κ1) is 20.2. The van der Waals surface area contributed by atoms with Gasteiger partial charge in [0, 0.05) is 12.1 Å². The van der Waals surface area contributed by atoms with Gasteiger partial charge in [-0.25, -0.2) is 0 Å². The van der Waals surface area contributed by atoms with Gasteiger partial charge >= 0.3 is 0 Å². The molecule has 2 nitrogen and oxygen atoms in total. The van der Waals surface area contributed by atoms with Crippen LogP contribution in [0.1, 0.15) is 97.3 Å². The molecule has 156 valence electrons. The Morgan fingerprint density at radius 3 is 1.70 bits per heavy atom. The van der Waals surface area contributed by atoms with E-state index in [9.17, 15) is 0 Å². The van der Waals surface area contributed by atoms with E-state index >= 15 is 0 Å². The normalized spacial score (nSPS) is 45.1. The molecule has 0 amide bonds. The molecule has 0 heterocycles. The zero-order valence-electron chi connectivity index (χ0n) is 18.2. The average Bonchev–Trinajstić information content (AvgIpc) is 2.69. The fourth-order valence-corrected chi connectivity index (χ4v) is 7.72. The Hall–Kier alpha value is -0.0800. The standard InChI is InChI=1S/C25H46N2/c1-18-9-7-10-19(2)24(18)26-15-8-16-27-25-22-13-5-3-11-20(22)17-21-12-4-6-14-23(21)25/h18-27H,3-17H2,1-2H3. The van der Waals surface area contributed by atoms with Gasteiger partial charge in [-0.2, -0.15) is 0 Å². The minimum absolute atomic E-state index is 0.763. The van der Waals surface area contributed by atoms with Crippen LogP contribution in [0.4, 0.5) is 0 Å². The SMILES string of the molecule is CC1CCCC(C)C1NCCCNC1C2CCCCC2CC2CCCCC21. The molecule has 0 aromatic rings. The molecule has 0 spiro atoms. The van der Waals surface area contributed by atoms with E-state index in [1.807, 2.05) is 0 Å². The van der Waals surface area contributed by atoms with Gasteiger partial charge in [-0.1, -0.05) is 58.8 Å². The molecule has 0 saturated heterocycles. The van der Waals surface area contributed by atoms with Crippen molar-refractivity contribution < 1.29 is 0 Å². The summed E-state index contributed by atoms with van der Waals surface area (Å²) in [6.07, 6.45) is 19.3. The van der Waals surface area contributed by atoms with Crippen molar-refractivity contribution in [2.45, 2.75) is 109 Å². The summed E-state index contributed by atoms with van der Waals surface area (Å²) in [6, 6.07) is 1.61. The van der Waals surface area contributed by atoms with E-state index < -0.39 is 0 Å². The number of hydrogen-bond acceptors (Lipinski definition) is 2. The van der Waals surface area contributed by atoms with E-state index in [2.05, 4.69) is 24.5 Å². The van der Waals surface area contributed by atoms with Crippen LogP contribution in [0, 0.1) is 35.5 Å². The maximum atomic E-state index is 4.14. The van der Waals surface area contributed by atoms with Crippen LogP contribution in [0.5, 0.6) is 0 Å². The number of nitrogens with one attached hydrogen (secondary N) is 2. The Bertz CT molecular complexity index is 418. The van der Waals surface area contributed by atoms with Crippen molar-refractivity contribution in [1.29, 1.82) is 0 Å². The molecule has 0 aromatic carbocycles. The Morgan fingerprint density at radius 2 is 1.11 bits per heavy atom. The lowest BCUT2D eigenvalue weighted by Crippen LogP contribution is -2.53. The van der Waals surface area contributed by atoms with E-state index in [4.69, 9.17) is 0 Å². The van der Waals surface area contributed by atoms with Crippen LogP contribution in [0.15, 0.2) is 0 Å². The quantitative estimate of drug-likeness (QED) is 0.577. The molecule has 4 saturated carbocycles. The van der Waals surface area contributed by atoms with Crippen LogP contribution in [-0.2, 0) is 0 Å². The molecule has 0 radical (unpaired) electrons. The second-order valence-electron chi connectivity index (χ2n) is 10.9. The molecule has 4 aliphatic carbocycles. The Morgan fingerprint density at radius 1 is 0.593 bits per heavy atom. The van der Waals surface area contributed by atoms with Gasteiger partial charge in [-0.05, 0) is 87.1 Å². The summed E-state index contributed by atoms with van der Waals surface area (Å²) in [6.45, 7) is 7.36. The van der Waals surface area contributed by atoms with Gasteiger partial charge in [-0.3, -0.25) is 0 Å². The Labute approximate surface area is 169 Å². The first-order valence-corrected chi connectivity index (χ1v) is 12.7. The van der Waals surface area contributed by atoms with Crippen molar-refractivity contribution in [3.8, 4) is 0 Å². The highest BCUT2D eigenvalue weighted by Crippen LogP contribution is 2.50. The third kappa shape index (κ3) is 4.74. The van der Waals surface area contributed by atoms with E-state index in [0.29, 0.717) is 0 Å². The maximum absolute atomic E-state index is 4.14. The number of hydrogen-bond donors (Lipinski definition) is 2. The van der Waals surface area contributed by atoms with Crippen LogP contribution < -0.4 is 10.6 Å². The van der Waals surface area contributed by atoms with Crippen molar-refractivity contribution in [3.63, 3.8) is 0 Å². The molecule has 0 aromatic heterocycles. The molecule has 4 rings (SSSR count). The Balaban J connectivity index is 1.25. The van der Waals surface area contributed by atoms with Crippen LogP contribution >= 0.6 is 0 Å². The van der Waals surface area contributed by atoms with E-state index in [0.717, 1.165) is 47.6 Å². The summed E-state index contributed by atoms with van der Waals surface area (Å²) in [7, 11) is 0. The minimum atomic E-state index is 0.763. The monoisotopic (exact) mass is 374 g/mol. The topological polar surface area (TPSA) is 24.1 Å². The second-order valence-corrected chi connectivity index (χ2v) is 10.9. The average molecular weight is 375 g/mol. The van der Waals surface area contributed by atoms with Crippen molar-refractivity contribution in [2.75, 3.05) is 13.1 Å². The maximum Gasteiger partial charge on any atom is 0.0129 e. The summed E-state index contributed by atoms with van der Waals surface area (Å²) in [5.41, 5.74) is 0. The van der Waals surface area contributed by atoms with E-state index in [1.165, 1.54) is 90.1 Å². The highest BCUT2D eigenvalue weighted by atomic mass is 15.0. The van der Waals surface area contributed by atoms with Gasteiger partial charge in [-0.15, -0.1) is 0 Å². The molecule has 27 heavy (non-hydrogen) atoms. The molecule has 4 fully saturated rings. The largest absolute Gasteiger partial charge is 0.313 e.